The number of ether oxygens (including phenoxy) is 1. The first-order valence-corrected chi connectivity index (χ1v) is 13.8. The van der Waals surface area contributed by atoms with Gasteiger partial charge in [0.1, 0.15) is 9.96 Å². The van der Waals surface area contributed by atoms with Gasteiger partial charge in [0.05, 0.1) is 13.7 Å². The van der Waals surface area contributed by atoms with E-state index in [1.807, 2.05) is 6.08 Å². The van der Waals surface area contributed by atoms with Crippen LogP contribution >= 0.6 is 11.3 Å². The van der Waals surface area contributed by atoms with Crippen molar-refractivity contribution < 1.29 is 27.3 Å². The first-order chi connectivity index (χ1) is 17.3. The highest BCUT2D eigenvalue weighted by Crippen LogP contribution is 2.25. The largest absolute Gasteiger partial charge is 0.497 e. The number of nitrogens with zero attached hydrogens (tertiary/aromatic N) is 1. The maximum Gasteiger partial charge on any atom is 0.322 e. The summed E-state index contributed by atoms with van der Waals surface area (Å²) in [6.45, 7) is 2.40. The molecule has 4 N–H and O–H groups in total. The van der Waals surface area contributed by atoms with Crippen LogP contribution in [0.1, 0.15) is 28.1 Å². The number of thiophene rings is 1. The summed E-state index contributed by atoms with van der Waals surface area (Å²) in [7, 11) is -2.42. The molecule has 3 heterocycles. The fraction of sp³-hybridized carbons (Fsp3) is 0.375. The van der Waals surface area contributed by atoms with Crippen LogP contribution in [0.15, 0.2) is 64.2 Å². The summed E-state index contributed by atoms with van der Waals surface area (Å²) in [6, 6.07) is 10.2. The number of carbonyl (C=O) groups excluding carboxylic acids is 1. The molecule has 1 aromatic heterocycles. The monoisotopic (exact) mass is 534 g/mol. The second-order valence-electron chi connectivity index (χ2n) is 8.44. The van der Waals surface area contributed by atoms with Gasteiger partial charge < -0.3 is 25.8 Å². The second-order valence-corrected chi connectivity index (χ2v) is 11.4. The van der Waals surface area contributed by atoms with E-state index >= 15 is 0 Å². The molecule has 194 valence electrons. The minimum Gasteiger partial charge on any atom is -0.497 e. The number of hydrogen-bond donors (Lipinski definition) is 4. The normalized spacial score (nSPS) is 17.1. The molecule has 0 spiro atoms. The molecule has 1 amide bonds. The number of carbonyl (C=O) groups is 1. The number of rotatable bonds is 10. The Kier molecular flexibility index (Phi) is 8.64. The summed E-state index contributed by atoms with van der Waals surface area (Å²) < 4.78 is 36.2. The van der Waals surface area contributed by atoms with E-state index in [-0.39, 0.29) is 28.6 Å². The molecule has 2 aliphatic heterocycles. The van der Waals surface area contributed by atoms with Crippen LogP contribution in [-0.4, -0.2) is 63.8 Å². The van der Waals surface area contributed by atoms with Crippen LogP contribution in [0.2, 0.25) is 0 Å². The average molecular weight is 535 g/mol. The highest BCUT2D eigenvalue weighted by molar-refractivity contribution is 7.89. The van der Waals surface area contributed by atoms with Gasteiger partial charge >= 0.3 is 10.1 Å². The lowest BCUT2D eigenvalue weighted by molar-refractivity contribution is -0.0704. The zero-order valence-corrected chi connectivity index (χ0v) is 21.5. The Morgan fingerprint density at radius 2 is 2.03 bits per heavy atom. The topological polar surface area (TPSA) is 129 Å². The molecule has 1 fully saturated rings. The van der Waals surface area contributed by atoms with Crippen LogP contribution in [0.3, 0.4) is 0 Å². The molecule has 10 nitrogen and oxygen atoms in total. The van der Waals surface area contributed by atoms with E-state index < -0.39 is 10.1 Å². The second kappa shape index (κ2) is 11.9. The summed E-state index contributed by atoms with van der Waals surface area (Å²) in [5.41, 5.74) is 1.47. The Balaban J connectivity index is 1.23. The van der Waals surface area contributed by atoms with E-state index in [2.05, 4.69) is 16.0 Å². The van der Waals surface area contributed by atoms with Gasteiger partial charge in [-0.2, -0.15) is 17.8 Å². The summed E-state index contributed by atoms with van der Waals surface area (Å²) >= 11 is 1.07. The van der Waals surface area contributed by atoms with Crippen molar-refractivity contribution in [1.82, 2.24) is 21.0 Å². The van der Waals surface area contributed by atoms with Gasteiger partial charge in [-0.05, 0) is 48.7 Å². The quantitative estimate of drug-likeness (QED) is 0.363. The molecule has 4 rings (SSSR count). The van der Waals surface area contributed by atoms with Gasteiger partial charge in [0.2, 0.25) is 0 Å². The van der Waals surface area contributed by atoms with Crippen molar-refractivity contribution >= 4 is 27.4 Å². The molecule has 1 aromatic carbocycles. The van der Waals surface area contributed by atoms with Gasteiger partial charge in [0.15, 0.2) is 5.88 Å². The van der Waals surface area contributed by atoms with Crippen LogP contribution in [0.4, 0.5) is 0 Å². The molecule has 0 atom stereocenters. The van der Waals surface area contributed by atoms with E-state index in [9.17, 15) is 18.3 Å². The van der Waals surface area contributed by atoms with Crippen LogP contribution in [0.25, 0.3) is 0 Å². The van der Waals surface area contributed by atoms with Gasteiger partial charge in [-0.25, -0.2) is 0 Å². The van der Waals surface area contributed by atoms with Gasteiger partial charge in [-0.1, -0.05) is 12.1 Å². The molecule has 0 bridgehead atoms. The molecule has 0 unspecified atom stereocenters. The van der Waals surface area contributed by atoms with Gasteiger partial charge in [-0.15, -0.1) is 11.3 Å². The average Bonchev–Trinajstić information content (AvgIpc) is 3.37. The molecule has 0 aliphatic carbocycles. The highest BCUT2D eigenvalue weighted by atomic mass is 32.3. The van der Waals surface area contributed by atoms with Crippen molar-refractivity contribution in [3.05, 3.63) is 70.4 Å². The molecule has 0 radical (unpaired) electrons. The Morgan fingerprint density at radius 1 is 1.22 bits per heavy atom. The van der Waals surface area contributed by atoms with Crippen LogP contribution in [0.5, 0.6) is 5.75 Å². The number of amides is 1. The molecule has 2 aliphatic rings. The van der Waals surface area contributed by atoms with Crippen molar-refractivity contribution in [3.63, 3.8) is 0 Å². The summed E-state index contributed by atoms with van der Waals surface area (Å²) in [5.74, 6) is 0.475. The number of benzene rings is 1. The third-order valence-corrected chi connectivity index (χ3v) is 8.64. The SMILES string of the molecule is COc1cccc(C(=O)NCc2ccc(S(=O)(=O)ON3CCC(NCC4=CCNC(O)=C4)CC3)s2)c1. The third kappa shape index (κ3) is 7.08. The van der Waals surface area contributed by atoms with Crippen molar-refractivity contribution in [2.75, 3.05) is 33.3 Å². The van der Waals surface area contributed by atoms with E-state index in [0.717, 1.165) is 29.8 Å². The van der Waals surface area contributed by atoms with Gasteiger partial charge in [0, 0.05) is 48.7 Å². The molecule has 12 heteroatoms. The van der Waals surface area contributed by atoms with Crippen molar-refractivity contribution in [2.24, 2.45) is 0 Å². The van der Waals surface area contributed by atoms with Crippen molar-refractivity contribution in [2.45, 2.75) is 29.6 Å². The number of dihydropyridines is 1. The lowest BCUT2D eigenvalue weighted by Crippen LogP contribution is -2.43. The number of hydrogen-bond acceptors (Lipinski definition) is 10. The van der Waals surface area contributed by atoms with E-state index in [0.29, 0.717) is 42.4 Å². The minimum absolute atomic E-state index is 0.0952. The predicted molar refractivity (Wildman–Crippen MR) is 136 cm³/mol. The number of methoxy groups -OCH3 is 1. The number of hydroxylamine groups is 2. The van der Waals surface area contributed by atoms with Crippen LogP contribution < -0.4 is 20.7 Å². The Bertz CT molecular complexity index is 1230. The summed E-state index contributed by atoms with van der Waals surface area (Å²) in [6.07, 6.45) is 5.18. The van der Waals surface area contributed by atoms with E-state index in [4.69, 9.17) is 9.02 Å². The number of piperidine rings is 1. The zero-order chi connectivity index (χ0) is 25.5. The zero-order valence-electron chi connectivity index (χ0n) is 19.9. The number of aliphatic hydroxyl groups excluding tert-OH is 1. The van der Waals surface area contributed by atoms with E-state index in [1.54, 1.807) is 36.4 Å². The fourth-order valence-corrected chi connectivity index (χ4v) is 6.12. The van der Waals surface area contributed by atoms with Crippen molar-refractivity contribution in [1.29, 1.82) is 0 Å². The summed E-state index contributed by atoms with van der Waals surface area (Å²) in [5, 5.41) is 20.1. The molecular weight excluding hydrogens is 504 g/mol. The van der Waals surface area contributed by atoms with Gasteiger partial charge in [0.25, 0.3) is 5.91 Å². The maximum atomic E-state index is 12.8. The lowest BCUT2D eigenvalue weighted by Gasteiger charge is -2.31. The molecule has 1 saturated heterocycles. The Morgan fingerprint density at radius 3 is 2.78 bits per heavy atom. The minimum atomic E-state index is -3.95. The smallest absolute Gasteiger partial charge is 0.322 e. The Hall–Kier alpha value is -2.90. The Labute approximate surface area is 214 Å². The van der Waals surface area contributed by atoms with E-state index in [1.165, 1.54) is 18.2 Å². The van der Waals surface area contributed by atoms with Gasteiger partial charge in [-0.3, -0.25) is 4.79 Å². The first kappa shape index (κ1) is 26.2. The molecule has 2 aromatic rings. The fourth-order valence-electron chi connectivity index (χ4n) is 3.89. The standard InChI is InChI=1S/C24H30N4O6S2/c1-33-20-4-2-3-18(14-20)24(30)27-16-21-5-6-23(35-21)36(31,32)34-28-11-8-19(9-12-28)26-15-17-7-10-25-22(29)13-17/h2-7,13-14,19,25-26,29H,8-12,15-16H2,1H3,(H,27,30). The lowest BCUT2D eigenvalue weighted by atomic mass is 10.1. The molecule has 0 saturated carbocycles. The van der Waals surface area contributed by atoms with Crippen LogP contribution in [-0.2, 0) is 20.9 Å². The van der Waals surface area contributed by atoms with Crippen molar-refractivity contribution in [3.8, 4) is 5.75 Å². The maximum absolute atomic E-state index is 12.8. The number of nitrogens with one attached hydrogen (secondary N) is 3. The van der Waals surface area contributed by atoms with Crippen LogP contribution in [0, 0.1) is 0 Å². The first-order valence-electron chi connectivity index (χ1n) is 11.6. The number of aliphatic hydroxyl groups is 1. The third-order valence-electron chi connectivity index (χ3n) is 5.86. The highest BCUT2D eigenvalue weighted by Gasteiger charge is 2.27. The molecular formula is C24H30N4O6S2. The molecule has 36 heavy (non-hydrogen) atoms. The predicted octanol–water partition coefficient (Wildman–Crippen LogP) is 2.29. The summed E-state index contributed by atoms with van der Waals surface area (Å²) in [4.78, 5) is 13.1.